The second-order valence-corrected chi connectivity index (χ2v) is 6.58. The third-order valence-corrected chi connectivity index (χ3v) is 4.49. The van der Waals surface area contributed by atoms with Gasteiger partial charge in [0.2, 0.25) is 0 Å². The van der Waals surface area contributed by atoms with Crippen molar-refractivity contribution in [3.63, 3.8) is 0 Å². The number of imidazole rings is 1. The van der Waals surface area contributed by atoms with Gasteiger partial charge in [-0.2, -0.15) is 0 Å². The molecule has 8 nitrogen and oxygen atoms in total. The van der Waals surface area contributed by atoms with Crippen LogP contribution in [0.3, 0.4) is 0 Å². The van der Waals surface area contributed by atoms with Crippen LogP contribution < -0.4 is 5.32 Å². The van der Waals surface area contributed by atoms with Gasteiger partial charge in [0.1, 0.15) is 23.3 Å². The van der Waals surface area contributed by atoms with Crippen LogP contribution in [-0.2, 0) is 6.54 Å². The largest absolute Gasteiger partial charge is 0.348 e. The van der Waals surface area contributed by atoms with Crippen LogP contribution in [0.25, 0.3) is 0 Å². The molecule has 4 heterocycles. The number of aromatic amines is 1. The number of aromatic nitrogens is 6. The monoisotopic (exact) mass is 350 g/mol. The molecule has 0 radical (unpaired) electrons. The number of likely N-dealkylation sites (tertiary alicyclic amines) is 1. The van der Waals surface area contributed by atoms with Gasteiger partial charge >= 0.3 is 0 Å². The third-order valence-electron chi connectivity index (χ3n) is 4.49. The van der Waals surface area contributed by atoms with E-state index in [1.54, 1.807) is 24.8 Å². The SMILES string of the molecule is Cc1cc(Nc2cnccn2)nc([C@H]2CCCN(Cc3ncc[nH]3)C2)n1. The lowest BCUT2D eigenvalue weighted by Crippen LogP contribution is -2.35. The lowest BCUT2D eigenvalue weighted by Gasteiger charge is -2.31. The highest BCUT2D eigenvalue weighted by Gasteiger charge is 2.24. The van der Waals surface area contributed by atoms with Gasteiger partial charge in [-0.1, -0.05) is 0 Å². The summed E-state index contributed by atoms with van der Waals surface area (Å²) in [5, 5.41) is 3.22. The van der Waals surface area contributed by atoms with Crippen molar-refractivity contribution in [3.8, 4) is 0 Å². The molecule has 0 spiro atoms. The summed E-state index contributed by atoms with van der Waals surface area (Å²) in [5.74, 6) is 3.65. The zero-order valence-corrected chi connectivity index (χ0v) is 14.8. The van der Waals surface area contributed by atoms with E-state index in [4.69, 9.17) is 9.97 Å². The smallest absolute Gasteiger partial charge is 0.150 e. The Balaban J connectivity index is 1.49. The Morgan fingerprint density at radius 2 is 2.15 bits per heavy atom. The summed E-state index contributed by atoms with van der Waals surface area (Å²) in [7, 11) is 0. The normalized spacial score (nSPS) is 18.0. The number of nitrogens with zero attached hydrogens (tertiary/aromatic N) is 6. The molecule has 0 saturated carbocycles. The Labute approximate surface area is 152 Å². The molecule has 0 unspecified atom stereocenters. The van der Waals surface area contributed by atoms with E-state index in [1.165, 1.54) is 0 Å². The van der Waals surface area contributed by atoms with E-state index in [0.29, 0.717) is 11.7 Å². The highest BCUT2D eigenvalue weighted by atomic mass is 15.2. The standard InChI is InChI=1S/C18H22N8/c1-13-9-15(24-16-10-19-4-5-20-16)25-18(23-13)14-3-2-8-26(11-14)12-17-21-6-7-22-17/h4-7,9-10,14H,2-3,8,11-12H2,1H3,(H,21,22)(H,20,23,24,25)/t14-/m0/s1. The molecule has 1 aliphatic rings. The van der Waals surface area contributed by atoms with E-state index in [1.807, 2.05) is 19.2 Å². The van der Waals surface area contributed by atoms with Gasteiger partial charge in [0.05, 0.1) is 12.7 Å². The first-order chi connectivity index (χ1) is 12.8. The van der Waals surface area contributed by atoms with Gasteiger partial charge in [0, 0.05) is 49.0 Å². The van der Waals surface area contributed by atoms with E-state index in [0.717, 1.165) is 55.6 Å². The molecule has 4 rings (SSSR count). The molecular weight excluding hydrogens is 328 g/mol. The Morgan fingerprint density at radius 1 is 1.19 bits per heavy atom. The van der Waals surface area contributed by atoms with Crippen LogP contribution in [0, 0.1) is 6.92 Å². The predicted molar refractivity (Wildman–Crippen MR) is 97.9 cm³/mol. The van der Waals surface area contributed by atoms with Crippen LogP contribution in [-0.4, -0.2) is 47.9 Å². The molecule has 0 aromatic carbocycles. The van der Waals surface area contributed by atoms with E-state index >= 15 is 0 Å². The highest BCUT2D eigenvalue weighted by molar-refractivity contribution is 5.50. The number of anilines is 2. The van der Waals surface area contributed by atoms with Crippen LogP contribution in [0.2, 0.25) is 0 Å². The lowest BCUT2D eigenvalue weighted by atomic mass is 9.97. The molecule has 0 amide bonds. The van der Waals surface area contributed by atoms with Crippen molar-refractivity contribution in [2.45, 2.75) is 32.2 Å². The number of nitrogens with one attached hydrogen (secondary N) is 2. The van der Waals surface area contributed by atoms with Gasteiger partial charge in [-0.05, 0) is 26.3 Å². The summed E-state index contributed by atoms with van der Waals surface area (Å²) in [6.07, 6.45) is 10.9. The molecule has 1 fully saturated rings. The molecule has 0 bridgehead atoms. The number of hydrogen-bond donors (Lipinski definition) is 2. The Morgan fingerprint density at radius 3 is 2.96 bits per heavy atom. The van der Waals surface area contributed by atoms with Gasteiger partial charge in [-0.25, -0.2) is 19.9 Å². The molecule has 1 aliphatic heterocycles. The van der Waals surface area contributed by atoms with Gasteiger partial charge in [0.25, 0.3) is 0 Å². The van der Waals surface area contributed by atoms with Gasteiger partial charge in [-0.15, -0.1) is 0 Å². The van der Waals surface area contributed by atoms with E-state index in [-0.39, 0.29) is 0 Å². The first-order valence-corrected chi connectivity index (χ1v) is 8.85. The summed E-state index contributed by atoms with van der Waals surface area (Å²) >= 11 is 0. The number of piperidine rings is 1. The first kappa shape index (κ1) is 16.6. The molecule has 1 saturated heterocycles. The molecule has 0 aliphatic carbocycles. The molecule has 1 atom stereocenters. The number of rotatable bonds is 5. The lowest BCUT2D eigenvalue weighted by molar-refractivity contribution is 0.192. The topological polar surface area (TPSA) is 95.5 Å². The zero-order chi connectivity index (χ0) is 17.8. The minimum absolute atomic E-state index is 0.320. The number of H-pyrrole nitrogens is 1. The molecular formula is C18H22N8. The van der Waals surface area contributed by atoms with E-state index in [9.17, 15) is 0 Å². The summed E-state index contributed by atoms with van der Waals surface area (Å²) in [4.78, 5) is 27.7. The van der Waals surface area contributed by atoms with Gasteiger partial charge < -0.3 is 10.3 Å². The van der Waals surface area contributed by atoms with Crippen LogP contribution in [0.4, 0.5) is 11.6 Å². The maximum atomic E-state index is 4.74. The fourth-order valence-electron chi connectivity index (χ4n) is 3.34. The number of hydrogen-bond acceptors (Lipinski definition) is 7. The Hall–Kier alpha value is -2.87. The fraction of sp³-hybridized carbons (Fsp3) is 0.389. The molecule has 2 N–H and O–H groups in total. The molecule has 3 aromatic heterocycles. The van der Waals surface area contributed by atoms with Crippen molar-refractivity contribution in [3.05, 3.63) is 54.4 Å². The van der Waals surface area contributed by atoms with Crippen LogP contribution in [0.1, 0.15) is 36.1 Å². The van der Waals surface area contributed by atoms with E-state index in [2.05, 4.69) is 30.2 Å². The van der Waals surface area contributed by atoms with Crippen LogP contribution >= 0.6 is 0 Å². The third kappa shape index (κ3) is 4.02. The van der Waals surface area contributed by atoms with Gasteiger partial charge in [-0.3, -0.25) is 9.88 Å². The second-order valence-electron chi connectivity index (χ2n) is 6.58. The van der Waals surface area contributed by atoms with Crippen molar-refractivity contribution >= 4 is 11.6 Å². The Kier molecular flexibility index (Phi) is 4.83. The maximum Gasteiger partial charge on any atom is 0.150 e. The second kappa shape index (κ2) is 7.57. The van der Waals surface area contributed by atoms with Crippen molar-refractivity contribution < 1.29 is 0 Å². The minimum Gasteiger partial charge on any atom is -0.348 e. The summed E-state index contributed by atoms with van der Waals surface area (Å²) in [5.41, 5.74) is 0.949. The predicted octanol–water partition coefficient (Wildman–Crippen LogP) is 2.42. The van der Waals surface area contributed by atoms with Crippen molar-refractivity contribution in [1.29, 1.82) is 0 Å². The summed E-state index contributed by atoms with van der Waals surface area (Å²) < 4.78 is 0. The fourth-order valence-corrected chi connectivity index (χ4v) is 3.34. The first-order valence-electron chi connectivity index (χ1n) is 8.85. The van der Waals surface area contributed by atoms with Crippen LogP contribution in [0.15, 0.2) is 37.1 Å². The Bertz CT molecular complexity index is 834. The molecule has 26 heavy (non-hydrogen) atoms. The van der Waals surface area contributed by atoms with E-state index < -0.39 is 0 Å². The zero-order valence-electron chi connectivity index (χ0n) is 14.8. The van der Waals surface area contributed by atoms with Crippen LogP contribution in [0.5, 0.6) is 0 Å². The maximum absolute atomic E-state index is 4.74. The summed E-state index contributed by atoms with van der Waals surface area (Å²) in [6, 6.07) is 1.93. The molecule has 3 aromatic rings. The summed E-state index contributed by atoms with van der Waals surface area (Å²) in [6.45, 7) is 4.85. The average Bonchev–Trinajstić information content (AvgIpc) is 3.15. The van der Waals surface area contributed by atoms with Crippen molar-refractivity contribution in [2.75, 3.05) is 18.4 Å². The van der Waals surface area contributed by atoms with Crippen molar-refractivity contribution in [2.24, 2.45) is 0 Å². The quantitative estimate of drug-likeness (QED) is 0.729. The highest BCUT2D eigenvalue weighted by Crippen LogP contribution is 2.26. The average molecular weight is 350 g/mol. The molecule has 8 heteroatoms. The molecule has 134 valence electrons. The van der Waals surface area contributed by atoms with Gasteiger partial charge in [0.15, 0.2) is 0 Å². The van der Waals surface area contributed by atoms with Crippen molar-refractivity contribution in [1.82, 2.24) is 34.8 Å². The minimum atomic E-state index is 0.320. The number of aryl methyl sites for hydroxylation is 1.